The van der Waals surface area contributed by atoms with Crippen LogP contribution < -0.4 is 15.6 Å². The number of methoxy groups -OCH3 is 1. The third-order valence-corrected chi connectivity index (χ3v) is 5.35. The summed E-state index contributed by atoms with van der Waals surface area (Å²) in [5, 5.41) is 4.64. The normalized spacial score (nSPS) is 15.7. The van der Waals surface area contributed by atoms with E-state index in [2.05, 4.69) is 15.7 Å². The Morgan fingerprint density at radius 2 is 1.84 bits per heavy atom. The Labute approximate surface area is 184 Å². The largest absolute Gasteiger partial charge is 0.497 e. The van der Waals surface area contributed by atoms with Crippen LogP contribution in [0.5, 0.6) is 5.75 Å². The molecule has 9 nitrogen and oxygen atoms in total. The summed E-state index contributed by atoms with van der Waals surface area (Å²) in [4.78, 5) is 42.9. The number of nitrogens with one attached hydrogen (secondary N) is 2. The molecular formula is C22H34N4O5. The first kappa shape index (κ1) is 24.5. The van der Waals surface area contributed by atoms with Crippen molar-refractivity contribution < 1.29 is 24.0 Å². The molecule has 0 aromatic heterocycles. The van der Waals surface area contributed by atoms with Crippen LogP contribution in [0.15, 0.2) is 24.3 Å². The summed E-state index contributed by atoms with van der Waals surface area (Å²) in [5.74, 6) is 0.308. The Kier molecular flexibility index (Phi) is 8.67. The molecule has 31 heavy (non-hydrogen) atoms. The average Bonchev–Trinajstić information content (AvgIpc) is 2.75. The molecule has 1 fully saturated rings. The van der Waals surface area contributed by atoms with Gasteiger partial charge in [0.2, 0.25) is 11.8 Å². The van der Waals surface area contributed by atoms with E-state index in [1.54, 1.807) is 18.9 Å². The maximum Gasteiger partial charge on any atom is 0.315 e. The van der Waals surface area contributed by atoms with Gasteiger partial charge in [-0.3, -0.25) is 14.4 Å². The molecule has 1 aromatic carbocycles. The van der Waals surface area contributed by atoms with Crippen molar-refractivity contribution in [3.05, 3.63) is 24.3 Å². The third kappa shape index (κ3) is 6.58. The van der Waals surface area contributed by atoms with Gasteiger partial charge in [-0.15, -0.1) is 0 Å². The molecule has 2 N–H and O–H groups in total. The summed E-state index contributed by atoms with van der Waals surface area (Å²) in [5.41, 5.74) is 2.78. The molecular weight excluding hydrogens is 400 g/mol. The Morgan fingerprint density at radius 3 is 2.32 bits per heavy atom. The second-order valence-electron chi connectivity index (χ2n) is 8.66. The van der Waals surface area contributed by atoms with Crippen LogP contribution >= 0.6 is 0 Å². The number of amides is 2. The van der Waals surface area contributed by atoms with Gasteiger partial charge in [0, 0.05) is 31.2 Å². The van der Waals surface area contributed by atoms with Crippen molar-refractivity contribution in [3.63, 3.8) is 0 Å². The molecule has 0 saturated carbocycles. The average molecular weight is 435 g/mol. The Hall–Kier alpha value is -2.81. The van der Waals surface area contributed by atoms with Crippen molar-refractivity contribution in [3.8, 4) is 5.75 Å². The van der Waals surface area contributed by atoms with Gasteiger partial charge in [0.15, 0.2) is 0 Å². The van der Waals surface area contributed by atoms with E-state index in [4.69, 9.17) is 4.74 Å². The maximum atomic E-state index is 13.4. The summed E-state index contributed by atoms with van der Waals surface area (Å²) >= 11 is 0. The van der Waals surface area contributed by atoms with Crippen LogP contribution in [0.2, 0.25) is 0 Å². The highest BCUT2D eigenvalue weighted by molar-refractivity contribution is 5.88. The highest BCUT2D eigenvalue weighted by atomic mass is 16.7. The minimum absolute atomic E-state index is 0.167. The van der Waals surface area contributed by atoms with Gasteiger partial charge in [0.1, 0.15) is 11.8 Å². The molecule has 172 valence electrons. The van der Waals surface area contributed by atoms with E-state index in [1.807, 2.05) is 45.0 Å². The zero-order chi connectivity index (χ0) is 23.0. The molecule has 1 heterocycles. The van der Waals surface area contributed by atoms with Gasteiger partial charge in [-0.2, -0.15) is 0 Å². The number of carbonyl (C=O) groups excluding carboxylic acids is 3. The predicted molar refractivity (Wildman–Crippen MR) is 117 cm³/mol. The van der Waals surface area contributed by atoms with Gasteiger partial charge in [-0.25, -0.2) is 5.01 Å². The molecule has 2 amide bonds. The number of piperidine rings is 1. The first-order valence-electron chi connectivity index (χ1n) is 10.6. The second kappa shape index (κ2) is 11.0. The number of hydrogen-bond donors (Lipinski definition) is 2. The van der Waals surface area contributed by atoms with Gasteiger partial charge in [-0.1, -0.05) is 33.3 Å². The Bertz CT molecular complexity index is 739. The van der Waals surface area contributed by atoms with E-state index in [1.165, 1.54) is 0 Å². The molecule has 9 heteroatoms. The lowest BCUT2D eigenvalue weighted by Crippen LogP contribution is -2.61. The monoisotopic (exact) mass is 434 g/mol. The summed E-state index contributed by atoms with van der Waals surface area (Å²) < 4.78 is 5.18. The number of anilines is 1. The molecule has 1 aliphatic rings. The highest BCUT2D eigenvalue weighted by Crippen LogP contribution is 2.28. The van der Waals surface area contributed by atoms with Crippen molar-refractivity contribution in [1.29, 1.82) is 0 Å². The van der Waals surface area contributed by atoms with Crippen LogP contribution in [-0.4, -0.2) is 60.5 Å². The molecule has 1 saturated heterocycles. The number of hydrogen-bond acceptors (Lipinski definition) is 7. The zero-order valence-corrected chi connectivity index (χ0v) is 19.0. The summed E-state index contributed by atoms with van der Waals surface area (Å²) in [6.45, 7) is 8.67. The maximum absolute atomic E-state index is 13.4. The minimum atomic E-state index is -0.814. The number of nitrogens with zero attached hydrogens (tertiary/aromatic N) is 2. The molecule has 1 aliphatic heterocycles. The number of carbonyl (C=O) groups is 3. The molecule has 0 unspecified atom stereocenters. The quantitative estimate of drug-likeness (QED) is 0.454. The lowest BCUT2D eigenvalue weighted by molar-refractivity contribution is -0.177. The van der Waals surface area contributed by atoms with Crippen LogP contribution in [0.3, 0.4) is 0 Å². The van der Waals surface area contributed by atoms with Gasteiger partial charge in [0.05, 0.1) is 7.11 Å². The van der Waals surface area contributed by atoms with Gasteiger partial charge < -0.3 is 19.8 Å². The first-order chi connectivity index (χ1) is 14.7. The number of ether oxygens (including phenoxy) is 1. The van der Waals surface area contributed by atoms with Crippen LogP contribution in [-0.2, 0) is 19.2 Å². The fraction of sp³-hybridized carbons (Fsp3) is 0.591. The third-order valence-electron chi connectivity index (χ3n) is 5.35. The number of likely N-dealkylation sites (tertiary alicyclic amines) is 1. The van der Waals surface area contributed by atoms with Crippen LogP contribution in [0, 0.1) is 5.41 Å². The van der Waals surface area contributed by atoms with Crippen molar-refractivity contribution in [2.45, 2.75) is 59.0 Å². The van der Waals surface area contributed by atoms with E-state index in [0.717, 1.165) is 29.3 Å². The lowest BCUT2D eigenvalue weighted by atomic mass is 9.84. The highest BCUT2D eigenvalue weighted by Gasteiger charge is 2.42. The topological polar surface area (TPSA) is 100 Å². The van der Waals surface area contributed by atoms with E-state index in [9.17, 15) is 14.4 Å². The van der Waals surface area contributed by atoms with Crippen LogP contribution in [0.4, 0.5) is 5.69 Å². The predicted octanol–water partition coefficient (Wildman–Crippen LogP) is 2.34. The zero-order valence-electron chi connectivity index (χ0n) is 19.0. The van der Waals surface area contributed by atoms with Gasteiger partial charge in [-0.05, 0) is 42.5 Å². The van der Waals surface area contributed by atoms with E-state index in [-0.39, 0.29) is 30.7 Å². The molecule has 0 bridgehead atoms. The van der Waals surface area contributed by atoms with Crippen LogP contribution in [0.1, 0.15) is 47.0 Å². The SMILES string of the molecule is CCC(=O)N(NOC=O)[C@H](C(=O)N1CCC(Nc2ccc(OC)cc2)CC1)C(C)(C)C. The summed E-state index contributed by atoms with van der Waals surface area (Å²) in [7, 11) is 1.63. The van der Waals surface area contributed by atoms with Gasteiger partial charge >= 0.3 is 6.47 Å². The molecule has 0 spiro atoms. The number of benzene rings is 1. The number of rotatable bonds is 9. The van der Waals surface area contributed by atoms with E-state index < -0.39 is 11.5 Å². The van der Waals surface area contributed by atoms with Gasteiger partial charge in [0.25, 0.3) is 0 Å². The van der Waals surface area contributed by atoms with Crippen molar-refractivity contribution in [2.24, 2.45) is 5.41 Å². The van der Waals surface area contributed by atoms with Crippen molar-refractivity contribution >= 4 is 24.0 Å². The first-order valence-corrected chi connectivity index (χ1v) is 10.6. The van der Waals surface area contributed by atoms with Crippen molar-refractivity contribution in [1.82, 2.24) is 15.5 Å². The number of hydrazine groups is 1. The fourth-order valence-electron chi connectivity index (χ4n) is 3.70. The molecule has 2 rings (SSSR count). The lowest BCUT2D eigenvalue weighted by Gasteiger charge is -2.42. The standard InChI is InChI=1S/C22H34N4O5/c1-6-19(28)26(24-31-15-27)20(22(2,3)4)21(29)25-13-11-17(12-14-25)23-16-7-9-18(30-5)10-8-16/h7-10,15,17,20,23-24H,6,11-14H2,1-5H3/t20-/m1/s1. The Morgan fingerprint density at radius 1 is 1.23 bits per heavy atom. The molecule has 0 radical (unpaired) electrons. The van der Waals surface area contributed by atoms with E-state index >= 15 is 0 Å². The summed E-state index contributed by atoms with van der Waals surface area (Å²) in [6, 6.07) is 7.19. The van der Waals surface area contributed by atoms with Crippen molar-refractivity contribution in [2.75, 3.05) is 25.5 Å². The molecule has 0 aliphatic carbocycles. The smallest absolute Gasteiger partial charge is 0.315 e. The molecule has 1 atom stereocenters. The fourth-order valence-corrected chi connectivity index (χ4v) is 3.70. The Balaban J connectivity index is 2.05. The van der Waals surface area contributed by atoms with E-state index in [0.29, 0.717) is 13.1 Å². The summed E-state index contributed by atoms with van der Waals surface area (Å²) in [6.07, 6.45) is 1.74. The molecule has 1 aromatic rings. The van der Waals surface area contributed by atoms with Crippen LogP contribution in [0.25, 0.3) is 0 Å². The second-order valence-corrected chi connectivity index (χ2v) is 8.66. The minimum Gasteiger partial charge on any atom is -0.497 e.